The van der Waals surface area contributed by atoms with E-state index < -0.39 is 10.0 Å². The summed E-state index contributed by atoms with van der Waals surface area (Å²) in [7, 11) is 1.42. The van der Waals surface area contributed by atoms with E-state index in [-0.39, 0.29) is 0 Å². The van der Waals surface area contributed by atoms with Gasteiger partial charge in [-0.3, -0.25) is 9.89 Å². The van der Waals surface area contributed by atoms with E-state index in [0.717, 1.165) is 31.0 Å². The Balaban J connectivity index is 2.48. The minimum absolute atomic E-state index is 0.295. The molecule has 0 spiro atoms. The Kier molecular flexibility index (Phi) is 9.92. The van der Waals surface area contributed by atoms with E-state index >= 15 is 0 Å². The standard InChI is InChI=1S/C20H37N5O2S/c1-16(2)25(17(3)4)14-8-13-22-20(21-5)23-15-18-9-11-19(12-10-18)28(26,27)24(6)7/h9-12,16-17H,8,13-15H2,1-7H3,(H2,21,22,23). The number of benzene rings is 1. The molecule has 7 nitrogen and oxygen atoms in total. The van der Waals surface area contributed by atoms with Crippen LogP contribution in [0.1, 0.15) is 39.7 Å². The summed E-state index contributed by atoms with van der Waals surface area (Å²) in [5, 5.41) is 6.60. The van der Waals surface area contributed by atoms with Gasteiger partial charge in [0.25, 0.3) is 0 Å². The van der Waals surface area contributed by atoms with E-state index in [4.69, 9.17) is 0 Å². The van der Waals surface area contributed by atoms with Crippen LogP contribution < -0.4 is 10.6 Å². The summed E-state index contributed by atoms with van der Waals surface area (Å²) in [5.74, 6) is 0.741. The highest BCUT2D eigenvalue weighted by atomic mass is 32.2. The fourth-order valence-electron chi connectivity index (χ4n) is 2.98. The van der Waals surface area contributed by atoms with Crippen LogP contribution in [0.5, 0.6) is 0 Å². The van der Waals surface area contributed by atoms with Crippen molar-refractivity contribution in [3.63, 3.8) is 0 Å². The molecule has 0 unspecified atom stereocenters. The van der Waals surface area contributed by atoms with Crippen molar-refractivity contribution in [2.75, 3.05) is 34.2 Å². The van der Waals surface area contributed by atoms with Gasteiger partial charge in [-0.05, 0) is 51.8 Å². The van der Waals surface area contributed by atoms with Crippen molar-refractivity contribution in [2.45, 2.75) is 57.6 Å². The summed E-state index contributed by atoms with van der Waals surface area (Å²) in [6.45, 7) is 11.4. The second kappa shape index (κ2) is 11.4. The topological polar surface area (TPSA) is 77.0 Å². The van der Waals surface area contributed by atoms with Crippen molar-refractivity contribution >= 4 is 16.0 Å². The number of guanidine groups is 1. The second-order valence-electron chi connectivity index (χ2n) is 7.56. The van der Waals surface area contributed by atoms with E-state index in [2.05, 4.69) is 48.2 Å². The Morgan fingerprint density at radius 2 is 1.61 bits per heavy atom. The summed E-state index contributed by atoms with van der Waals surface area (Å²) in [5.41, 5.74) is 0.992. The van der Waals surface area contributed by atoms with Crippen LogP contribution in [0, 0.1) is 0 Å². The van der Waals surface area contributed by atoms with Gasteiger partial charge in [0.1, 0.15) is 0 Å². The Bertz CT molecular complexity index is 705. The monoisotopic (exact) mass is 411 g/mol. The molecule has 0 aliphatic carbocycles. The van der Waals surface area contributed by atoms with Gasteiger partial charge >= 0.3 is 0 Å². The van der Waals surface area contributed by atoms with E-state index in [1.165, 1.54) is 18.4 Å². The first-order valence-corrected chi connectivity index (χ1v) is 11.2. The molecule has 1 rings (SSSR count). The number of rotatable bonds is 10. The maximum absolute atomic E-state index is 12.1. The van der Waals surface area contributed by atoms with Crippen LogP contribution in [-0.4, -0.2) is 69.9 Å². The van der Waals surface area contributed by atoms with Gasteiger partial charge in [0, 0.05) is 52.9 Å². The van der Waals surface area contributed by atoms with Crippen molar-refractivity contribution in [1.82, 2.24) is 19.8 Å². The lowest BCUT2D eigenvalue weighted by Crippen LogP contribution is -2.41. The first-order chi connectivity index (χ1) is 13.1. The van der Waals surface area contributed by atoms with Gasteiger partial charge in [0.05, 0.1) is 4.90 Å². The highest BCUT2D eigenvalue weighted by Gasteiger charge is 2.16. The number of aliphatic imine (C=N–C) groups is 1. The predicted molar refractivity (Wildman–Crippen MR) is 117 cm³/mol. The number of hydrogen-bond acceptors (Lipinski definition) is 4. The highest BCUT2D eigenvalue weighted by molar-refractivity contribution is 7.89. The molecule has 0 heterocycles. The van der Waals surface area contributed by atoms with Crippen LogP contribution in [0.3, 0.4) is 0 Å². The lowest BCUT2D eigenvalue weighted by atomic mass is 10.2. The van der Waals surface area contributed by atoms with Crippen molar-refractivity contribution in [2.24, 2.45) is 4.99 Å². The molecule has 0 aliphatic rings. The Hall–Kier alpha value is -1.64. The number of nitrogens with one attached hydrogen (secondary N) is 2. The summed E-state index contributed by atoms with van der Waals surface area (Å²) in [4.78, 5) is 7.02. The Morgan fingerprint density at radius 1 is 1.04 bits per heavy atom. The number of nitrogens with zero attached hydrogens (tertiary/aromatic N) is 3. The van der Waals surface area contributed by atoms with Crippen molar-refractivity contribution in [3.8, 4) is 0 Å². The zero-order valence-electron chi connectivity index (χ0n) is 18.4. The van der Waals surface area contributed by atoms with Crippen LogP contribution in [0.2, 0.25) is 0 Å². The van der Waals surface area contributed by atoms with Gasteiger partial charge in [-0.2, -0.15) is 0 Å². The number of sulfonamides is 1. The van der Waals surface area contributed by atoms with Gasteiger partial charge in [-0.1, -0.05) is 12.1 Å². The molecule has 0 atom stereocenters. The first-order valence-electron chi connectivity index (χ1n) is 9.81. The molecule has 0 amide bonds. The minimum atomic E-state index is -3.39. The van der Waals surface area contributed by atoms with Crippen molar-refractivity contribution < 1.29 is 8.42 Å². The molecule has 8 heteroatoms. The third kappa shape index (κ3) is 7.41. The maximum Gasteiger partial charge on any atom is 0.242 e. The highest BCUT2D eigenvalue weighted by Crippen LogP contribution is 2.13. The first kappa shape index (κ1) is 24.4. The summed E-state index contributed by atoms with van der Waals surface area (Å²) in [6.07, 6.45) is 1.04. The van der Waals surface area contributed by atoms with Crippen LogP contribution in [-0.2, 0) is 16.6 Å². The molecule has 0 fully saturated rings. The molecular weight excluding hydrogens is 374 g/mol. The molecule has 0 aromatic heterocycles. The minimum Gasteiger partial charge on any atom is -0.356 e. The maximum atomic E-state index is 12.1. The van der Waals surface area contributed by atoms with Gasteiger partial charge in [-0.15, -0.1) is 0 Å². The molecule has 0 saturated heterocycles. The molecular formula is C20H37N5O2S. The zero-order valence-corrected chi connectivity index (χ0v) is 19.2. The van der Waals surface area contributed by atoms with E-state index in [1.807, 2.05) is 12.1 Å². The number of hydrogen-bond donors (Lipinski definition) is 2. The van der Waals surface area contributed by atoms with Gasteiger partial charge in [0.2, 0.25) is 10.0 Å². The molecule has 0 bridgehead atoms. The summed E-state index contributed by atoms with van der Waals surface area (Å²) < 4.78 is 25.4. The van der Waals surface area contributed by atoms with Crippen LogP contribution in [0.4, 0.5) is 0 Å². The quantitative estimate of drug-likeness (QED) is 0.350. The van der Waals surface area contributed by atoms with Gasteiger partial charge in [0.15, 0.2) is 5.96 Å². The normalized spacial score (nSPS) is 13.0. The fraction of sp³-hybridized carbons (Fsp3) is 0.650. The van der Waals surface area contributed by atoms with Crippen LogP contribution in [0.15, 0.2) is 34.2 Å². The van der Waals surface area contributed by atoms with Crippen molar-refractivity contribution in [3.05, 3.63) is 29.8 Å². The average Bonchev–Trinajstić information content (AvgIpc) is 2.63. The van der Waals surface area contributed by atoms with E-state index in [1.54, 1.807) is 19.2 Å². The molecule has 160 valence electrons. The Labute approximate surface area is 171 Å². The lowest BCUT2D eigenvalue weighted by Gasteiger charge is -2.30. The van der Waals surface area contributed by atoms with E-state index in [9.17, 15) is 8.42 Å². The third-order valence-corrected chi connectivity index (χ3v) is 6.43. The van der Waals surface area contributed by atoms with E-state index in [0.29, 0.717) is 23.5 Å². The molecule has 0 radical (unpaired) electrons. The molecule has 0 aliphatic heterocycles. The molecule has 1 aromatic rings. The predicted octanol–water partition coefficient (Wildman–Crippen LogP) is 2.11. The Morgan fingerprint density at radius 3 is 2.07 bits per heavy atom. The molecule has 28 heavy (non-hydrogen) atoms. The largest absolute Gasteiger partial charge is 0.356 e. The summed E-state index contributed by atoms with van der Waals surface area (Å²) in [6, 6.07) is 7.98. The molecule has 2 N–H and O–H groups in total. The molecule has 0 saturated carbocycles. The SMILES string of the molecule is CN=C(NCCCN(C(C)C)C(C)C)NCc1ccc(S(=O)(=O)N(C)C)cc1. The second-order valence-corrected chi connectivity index (χ2v) is 9.71. The van der Waals surface area contributed by atoms with Gasteiger partial charge < -0.3 is 10.6 Å². The van der Waals surface area contributed by atoms with Gasteiger partial charge in [-0.25, -0.2) is 12.7 Å². The smallest absolute Gasteiger partial charge is 0.242 e. The third-order valence-electron chi connectivity index (χ3n) is 4.60. The molecule has 1 aromatic carbocycles. The van der Waals surface area contributed by atoms with Crippen LogP contribution >= 0.6 is 0 Å². The lowest BCUT2D eigenvalue weighted by molar-refractivity contribution is 0.173. The zero-order chi connectivity index (χ0) is 21.3. The van der Waals surface area contributed by atoms with Crippen LogP contribution in [0.25, 0.3) is 0 Å². The fourth-order valence-corrected chi connectivity index (χ4v) is 3.88. The average molecular weight is 412 g/mol. The van der Waals surface area contributed by atoms with Crippen molar-refractivity contribution in [1.29, 1.82) is 0 Å². The summed E-state index contributed by atoms with van der Waals surface area (Å²) >= 11 is 0.